The van der Waals surface area contributed by atoms with Gasteiger partial charge in [-0.25, -0.2) is 0 Å². The number of ketones is 1. The Bertz CT molecular complexity index is 937. The fraction of sp³-hybridized carbons (Fsp3) is 0.111. The number of rotatable bonds is 3. The third-order valence-electron chi connectivity index (χ3n) is 3.45. The van der Waals surface area contributed by atoms with Crippen LogP contribution in [0, 0.1) is 29.6 Å². The predicted molar refractivity (Wildman–Crippen MR) is 90.0 cm³/mol. The second kappa shape index (κ2) is 6.95. The van der Waals surface area contributed by atoms with Crippen molar-refractivity contribution in [3.05, 3.63) is 63.2 Å². The maximum absolute atomic E-state index is 12.5. The molecule has 118 valence electrons. The molecule has 0 saturated heterocycles. The number of nitrogens with zero attached hydrogens (tertiary/aromatic N) is 2. The molecule has 1 amide bonds. The van der Waals surface area contributed by atoms with Gasteiger partial charge in [-0.05, 0) is 49.7 Å². The number of nitrogens with one attached hydrogen (secondary N) is 1. The van der Waals surface area contributed by atoms with E-state index in [2.05, 4.69) is 5.32 Å². The van der Waals surface area contributed by atoms with E-state index in [4.69, 9.17) is 22.1 Å². The van der Waals surface area contributed by atoms with Crippen LogP contribution in [0.4, 0.5) is 5.69 Å². The molecule has 0 saturated carbocycles. The topological polar surface area (TPSA) is 93.8 Å². The molecule has 0 aliphatic rings. The number of nitriles is 2. The van der Waals surface area contributed by atoms with E-state index in [1.165, 1.54) is 31.2 Å². The van der Waals surface area contributed by atoms with Crippen LogP contribution in [-0.2, 0) is 0 Å². The Morgan fingerprint density at radius 1 is 1.08 bits per heavy atom. The van der Waals surface area contributed by atoms with Gasteiger partial charge in [0, 0.05) is 5.56 Å². The van der Waals surface area contributed by atoms with Gasteiger partial charge < -0.3 is 5.32 Å². The van der Waals surface area contributed by atoms with E-state index < -0.39 is 5.91 Å². The van der Waals surface area contributed by atoms with Crippen LogP contribution in [0.2, 0.25) is 5.02 Å². The lowest BCUT2D eigenvalue weighted by atomic mass is 10.0. The van der Waals surface area contributed by atoms with Gasteiger partial charge in [0.15, 0.2) is 5.78 Å². The summed E-state index contributed by atoms with van der Waals surface area (Å²) >= 11 is 6.02. The number of carbonyl (C=O) groups excluding carboxylic acids is 2. The summed E-state index contributed by atoms with van der Waals surface area (Å²) in [7, 11) is 0. The Hall–Kier alpha value is -3.15. The second-order valence-electron chi connectivity index (χ2n) is 5.14. The fourth-order valence-electron chi connectivity index (χ4n) is 2.18. The van der Waals surface area contributed by atoms with Crippen molar-refractivity contribution in [3.63, 3.8) is 0 Å². The smallest absolute Gasteiger partial charge is 0.257 e. The number of anilines is 1. The largest absolute Gasteiger partial charge is 0.321 e. The normalized spacial score (nSPS) is 9.71. The van der Waals surface area contributed by atoms with Gasteiger partial charge in [0.25, 0.3) is 5.91 Å². The van der Waals surface area contributed by atoms with Crippen molar-refractivity contribution >= 4 is 29.0 Å². The van der Waals surface area contributed by atoms with Crippen LogP contribution in [0.25, 0.3) is 0 Å². The standard InChI is InChI=1S/C18H12ClN3O2/c1-10-5-17(14(11(2)23)7-13(10)9-21)22-18(24)15-6-12(8-20)3-4-16(15)19/h3-7H,1-2H3,(H,22,24). The molecule has 5 nitrogen and oxygen atoms in total. The number of Topliss-reactive ketones (excluding diaryl/α,β-unsaturated/α-hetero) is 1. The van der Waals surface area contributed by atoms with Crippen molar-refractivity contribution in [1.29, 1.82) is 10.5 Å². The summed E-state index contributed by atoms with van der Waals surface area (Å²) in [5.74, 6) is -0.817. The molecular weight excluding hydrogens is 326 g/mol. The highest BCUT2D eigenvalue weighted by atomic mass is 35.5. The molecule has 0 atom stereocenters. The van der Waals surface area contributed by atoms with Crippen LogP contribution < -0.4 is 5.32 Å². The molecule has 0 aliphatic carbocycles. The first-order valence-electron chi connectivity index (χ1n) is 6.94. The molecule has 2 rings (SSSR count). The van der Waals surface area contributed by atoms with Crippen LogP contribution >= 0.6 is 11.6 Å². The van der Waals surface area contributed by atoms with Crippen LogP contribution in [-0.4, -0.2) is 11.7 Å². The number of hydrogen-bond donors (Lipinski definition) is 1. The Morgan fingerprint density at radius 3 is 2.38 bits per heavy atom. The SMILES string of the molecule is CC(=O)c1cc(C#N)c(C)cc1NC(=O)c1cc(C#N)ccc1Cl. The molecule has 0 spiro atoms. The number of aryl methyl sites for hydroxylation is 1. The lowest BCUT2D eigenvalue weighted by Gasteiger charge is -2.12. The van der Waals surface area contributed by atoms with Gasteiger partial charge in [-0.3, -0.25) is 9.59 Å². The van der Waals surface area contributed by atoms with Crippen LogP contribution in [0.15, 0.2) is 30.3 Å². The molecule has 0 unspecified atom stereocenters. The molecule has 0 aliphatic heterocycles. The van der Waals surface area contributed by atoms with E-state index in [1.54, 1.807) is 13.0 Å². The number of amides is 1. The van der Waals surface area contributed by atoms with Crippen LogP contribution in [0.5, 0.6) is 0 Å². The minimum absolute atomic E-state index is 0.132. The van der Waals surface area contributed by atoms with Gasteiger partial charge in [-0.1, -0.05) is 11.6 Å². The van der Waals surface area contributed by atoms with E-state index in [9.17, 15) is 9.59 Å². The van der Waals surface area contributed by atoms with Gasteiger partial charge in [-0.15, -0.1) is 0 Å². The highest BCUT2D eigenvalue weighted by Gasteiger charge is 2.16. The molecule has 24 heavy (non-hydrogen) atoms. The highest BCUT2D eigenvalue weighted by Crippen LogP contribution is 2.24. The molecule has 6 heteroatoms. The predicted octanol–water partition coefficient (Wildman–Crippen LogP) is 3.85. The second-order valence-corrected chi connectivity index (χ2v) is 5.55. The molecule has 0 heterocycles. The lowest BCUT2D eigenvalue weighted by molar-refractivity contribution is 0.101. The van der Waals surface area contributed by atoms with Gasteiger partial charge >= 0.3 is 0 Å². The summed E-state index contributed by atoms with van der Waals surface area (Å²) < 4.78 is 0. The molecule has 2 aromatic rings. The molecule has 0 fully saturated rings. The molecule has 1 N–H and O–H groups in total. The van der Waals surface area contributed by atoms with E-state index in [1.807, 2.05) is 12.1 Å². The molecular formula is C18H12ClN3O2. The van der Waals surface area contributed by atoms with Crippen LogP contribution in [0.3, 0.4) is 0 Å². The lowest BCUT2D eigenvalue weighted by Crippen LogP contribution is -2.15. The summed E-state index contributed by atoms with van der Waals surface area (Å²) in [4.78, 5) is 24.3. The molecule has 0 bridgehead atoms. The van der Waals surface area contributed by atoms with Crippen LogP contribution in [0.1, 0.15) is 44.3 Å². The molecule has 0 aromatic heterocycles. The summed E-state index contributed by atoms with van der Waals surface area (Å²) in [6.07, 6.45) is 0. The molecule has 0 radical (unpaired) electrons. The fourth-order valence-corrected chi connectivity index (χ4v) is 2.38. The number of hydrogen-bond acceptors (Lipinski definition) is 4. The summed E-state index contributed by atoms with van der Waals surface area (Å²) in [5, 5.41) is 20.8. The van der Waals surface area contributed by atoms with Crippen molar-refractivity contribution in [2.45, 2.75) is 13.8 Å². The van der Waals surface area contributed by atoms with Gasteiger partial charge in [-0.2, -0.15) is 10.5 Å². The zero-order valence-electron chi connectivity index (χ0n) is 13.0. The zero-order valence-corrected chi connectivity index (χ0v) is 13.7. The number of halogens is 1. The highest BCUT2D eigenvalue weighted by molar-refractivity contribution is 6.34. The minimum atomic E-state index is -0.538. The van der Waals surface area contributed by atoms with E-state index in [0.29, 0.717) is 22.4 Å². The monoisotopic (exact) mass is 337 g/mol. The summed E-state index contributed by atoms with van der Waals surface area (Å²) in [6, 6.07) is 11.3. The Kier molecular flexibility index (Phi) is 4.99. The molecule has 2 aromatic carbocycles. The van der Waals surface area contributed by atoms with Crippen molar-refractivity contribution in [3.8, 4) is 12.1 Å². The van der Waals surface area contributed by atoms with Crippen molar-refractivity contribution in [2.24, 2.45) is 0 Å². The van der Waals surface area contributed by atoms with E-state index in [-0.39, 0.29) is 21.9 Å². The maximum atomic E-state index is 12.5. The van der Waals surface area contributed by atoms with Crippen molar-refractivity contribution in [2.75, 3.05) is 5.32 Å². The Labute approximate surface area is 144 Å². The quantitative estimate of drug-likeness (QED) is 0.861. The van der Waals surface area contributed by atoms with Gasteiger partial charge in [0.1, 0.15) is 0 Å². The number of benzene rings is 2. The van der Waals surface area contributed by atoms with E-state index in [0.717, 1.165) is 0 Å². The third-order valence-corrected chi connectivity index (χ3v) is 3.78. The summed E-state index contributed by atoms with van der Waals surface area (Å²) in [5.41, 5.74) is 1.96. The zero-order chi connectivity index (χ0) is 17.9. The summed E-state index contributed by atoms with van der Waals surface area (Å²) in [6.45, 7) is 3.06. The Balaban J connectivity index is 2.47. The average molecular weight is 338 g/mol. The average Bonchev–Trinajstić information content (AvgIpc) is 2.55. The van der Waals surface area contributed by atoms with Crippen molar-refractivity contribution in [1.82, 2.24) is 0 Å². The minimum Gasteiger partial charge on any atom is -0.321 e. The first-order valence-corrected chi connectivity index (χ1v) is 7.32. The first-order chi connectivity index (χ1) is 11.4. The Morgan fingerprint density at radius 2 is 1.79 bits per heavy atom. The number of carbonyl (C=O) groups is 2. The van der Waals surface area contributed by atoms with Gasteiger partial charge in [0.2, 0.25) is 0 Å². The van der Waals surface area contributed by atoms with Gasteiger partial charge in [0.05, 0.1) is 39.5 Å². The third kappa shape index (κ3) is 3.43. The first kappa shape index (κ1) is 17.2. The van der Waals surface area contributed by atoms with E-state index >= 15 is 0 Å². The maximum Gasteiger partial charge on any atom is 0.257 e. The van der Waals surface area contributed by atoms with Crippen molar-refractivity contribution < 1.29 is 9.59 Å².